The van der Waals surface area contributed by atoms with Gasteiger partial charge in [-0.1, -0.05) is 6.58 Å². The first-order chi connectivity index (χ1) is 7.06. The van der Waals surface area contributed by atoms with E-state index in [1.54, 1.807) is 13.3 Å². The van der Waals surface area contributed by atoms with Crippen molar-refractivity contribution in [3.63, 3.8) is 0 Å². The zero-order valence-corrected chi connectivity index (χ0v) is 10.5. The fraction of sp³-hybridized carbons (Fsp3) is 0.400. The molecule has 1 N–H and O–H groups in total. The molecule has 0 atom stereocenters. The van der Waals surface area contributed by atoms with Gasteiger partial charge in [0, 0.05) is 13.1 Å². The first-order valence-electron chi connectivity index (χ1n) is 4.59. The minimum Gasteiger partial charge on any atom is -0.316 e. The molecule has 0 aliphatic heterocycles. The molecule has 0 aliphatic rings. The van der Waals surface area contributed by atoms with E-state index in [0.717, 1.165) is 5.57 Å². The van der Waals surface area contributed by atoms with Gasteiger partial charge < -0.3 is 5.32 Å². The Balaban J connectivity index is 2.92. The van der Waals surface area contributed by atoms with Gasteiger partial charge in [0.15, 0.2) is 0 Å². The Morgan fingerprint density at radius 3 is 3.00 bits per heavy atom. The van der Waals surface area contributed by atoms with Crippen LogP contribution in [0.25, 0.3) is 0 Å². The van der Waals surface area contributed by atoms with E-state index >= 15 is 0 Å². The molecule has 82 valence electrons. The standard InChI is InChI=1S/C10H14BrN3O/c1-7(4-12-3)5-14-6-13-8(2)9(11)10(14)15/h6,12H,1,4-5H2,2-3H3. The van der Waals surface area contributed by atoms with Gasteiger partial charge in [-0.3, -0.25) is 9.36 Å². The molecule has 0 bridgehead atoms. The summed E-state index contributed by atoms with van der Waals surface area (Å²) in [6.07, 6.45) is 1.54. The quantitative estimate of drug-likeness (QED) is 0.835. The second-order valence-corrected chi connectivity index (χ2v) is 4.15. The van der Waals surface area contributed by atoms with Crippen LogP contribution in [0, 0.1) is 6.92 Å². The number of hydrogen-bond acceptors (Lipinski definition) is 3. The molecule has 0 amide bonds. The summed E-state index contributed by atoms with van der Waals surface area (Å²) < 4.78 is 2.05. The Labute approximate surface area is 97.2 Å². The van der Waals surface area contributed by atoms with Crippen molar-refractivity contribution in [1.82, 2.24) is 14.9 Å². The van der Waals surface area contributed by atoms with Gasteiger partial charge in [0.2, 0.25) is 0 Å². The molecule has 0 unspecified atom stereocenters. The fourth-order valence-electron chi connectivity index (χ4n) is 1.21. The highest BCUT2D eigenvalue weighted by Crippen LogP contribution is 2.06. The molecule has 5 heteroatoms. The van der Waals surface area contributed by atoms with Gasteiger partial charge in [-0.25, -0.2) is 4.98 Å². The molecule has 0 aliphatic carbocycles. The van der Waals surface area contributed by atoms with Crippen LogP contribution in [-0.2, 0) is 6.54 Å². The fourth-order valence-corrected chi connectivity index (χ4v) is 1.54. The summed E-state index contributed by atoms with van der Waals surface area (Å²) in [5.41, 5.74) is 1.58. The van der Waals surface area contributed by atoms with Crippen molar-refractivity contribution < 1.29 is 0 Å². The number of aryl methyl sites for hydroxylation is 1. The zero-order chi connectivity index (χ0) is 11.4. The maximum Gasteiger partial charge on any atom is 0.268 e. The van der Waals surface area contributed by atoms with Crippen LogP contribution in [-0.4, -0.2) is 23.1 Å². The van der Waals surface area contributed by atoms with Crippen LogP contribution in [0.15, 0.2) is 27.7 Å². The van der Waals surface area contributed by atoms with E-state index in [0.29, 0.717) is 23.3 Å². The largest absolute Gasteiger partial charge is 0.316 e. The van der Waals surface area contributed by atoms with Crippen molar-refractivity contribution in [1.29, 1.82) is 0 Å². The third-order valence-corrected chi connectivity index (χ3v) is 2.89. The predicted octanol–water partition coefficient (Wildman–Crippen LogP) is 1.09. The molecule has 0 fully saturated rings. The summed E-state index contributed by atoms with van der Waals surface area (Å²) in [7, 11) is 1.84. The van der Waals surface area contributed by atoms with Gasteiger partial charge in [-0.15, -0.1) is 0 Å². The van der Waals surface area contributed by atoms with Crippen LogP contribution >= 0.6 is 15.9 Å². The molecule has 0 saturated carbocycles. The Bertz CT molecular complexity index is 425. The Hall–Kier alpha value is -0.940. The smallest absolute Gasteiger partial charge is 0.268 e. The normalized spacial score (nSPS) is 10.3. The summed E-state index contributed by atoms with van der Waals surface area (Å²) in [6, 6.07) is 0. The molecule has 0 radical (unpaired) electrons. The predicted molar refractivity (Wildman–Crippen MR) is 64.0 cm³/mol. The Morgan fingerprint density at radius 2 is 2.40 bits per heavy atom. The molecule has 4 nitrogen and oxygen atoms in total. The number of nitrogens with one attached hydrogen (secondary N) is 1. The van der Waals surface area contributed by atoms with E-state index in [4.69, 9.17) is 0 Å². The monoisotopic (exact) mass is 271 g/mol. The van der Waals surface area contributed by atoms with Crippen LogP contribution in [0.1, 0.15) is 5.69 Å². The van der Waals surface area contributed by atoms with Gasteiger partial charge in [-0.05, 0) is 35.5 Å². The van der Waals surface area contributed by atoms with Gasteiger partial charge in [0.05, 0.1) is 12.0 Å². The number of halogens is 1. The third-order valence-electron chi connectivity index (χ3n) is 1.98. The van der Waals surface area contributed by atoms with Crippen molar-refractivity contribution in [3.8, 4) is 0 Å². The topological polar surface area (TPSA) is 46.9 Å². The van der Waals surface area contributed by atoms with E-state index in [1.807, 2.05) is 7.05 Å². The lowest BCUT2D eigenvalue weighted by Crippen LogP contribution is -2.25. The number of aromatic nitrogens is 2. The third kappa shape index (κ3) is 3.00. The van der Waals surface area contributed by atoms with Gasteiger partial charge >= 0.3 is 0 Å². The zero-order valence-electron chi connectivity index (χ0n) is 8.88. The lowest BCUT2D eigenvalue weighted by atomic mass is 10.3. The minimum atomic E-state index is -0.0697. The number of likely N-dealkylation sites (N-methyl/N-ethyl adjacent to an activating group) is 1. The molecule has 1 heterocycles. The number of nitrogens with zero attached hydrogens (tertiary/aromatic N) is 2. The molecule has 0 saturated heterocycles. The minimum absolute atomic E-state index is 0.0697. The second kappa shape index (κ2) is 5.23. The van der Waals surface area contributed by atoms with Crippen LogP contribution in [0.2, 0.25) is 0 Å². The summed E-state index contributed by atoms with van der Waals surface area (Å²) in [5.74, 6) is 0. The van der Waals surface area contributed by atoms with Crippen molar-refractivity contribution in [2.45, 2.75) is 13.5 Å². The van der Waals surface area contributed by atoms with Crippen molar-refractivity contribution in [2.24, 2.45) is 0 Å². The highest BCUT2D eigenvalue weighted by atomic mass is 79.9. The molecular weight excluding hydrogens is 258 g/mol. The molecule has 1 aromatic heterocycles. The first-order valence-corrected chi connectivity index (χ1v) is 5.38. The van der Waals surface area contributed by atoms with Gasteiger partial charge in [-0.2, -0.15) is 0 Å². The van der Waals surface area contributed by atoms with Crippen LogP contribution < -0.4 is 10.9 Å². The summed E-state index contributed by atoms with van der Waals surface area (Å²) >= 11 is 3.22. The van der Waals surface area contributed by atoms with E-state index < -0.39 is 0 Å². The van der Waals surface area contributed by atoms with Crippen molar-refractivity contribution >= 4 is 15.9 Å². The highest BCUT2D eigenvalue weighted by molar-refractivity contribution is 9.10. The van der Waals surface area contributed by atoms with Crippen LogP contribution in [0.5, 0.6) is 0 Å². The highest BCUT2D eigenvalue weighted by Gasteiger charge is 2.05. The second-order valence-electron chi connectivity index (χ2n) is 3.36. The summed E-state index contributed by atoms with van der Waals surface area (Å²) in [6.45, 7) is 6.84. The maximum absolute atomic E-state index is 11.7. The maximum atomic E-state index is 11.7. The molecular formula is C10H14BrN3O. The van der Waals surface area contributed by atoms with Gasteiger partial charge in [0.1, 0.15) is 4.47 Å². The Morgan fingerprint density at radius 1 is 1.73 bits per heavy atom. The summed E-state index contributed by atoms with van der Waals surface area (Å²) in [5, 5.41) is 2.99. The van der Waals surface area contributed by atoms with Crippen LogP contribution in [0.3, 0.4) is 0 Å². The van der Waals surface area contributed by atoms with E-state index in [-0.39, 0.29) is 5.56 Å². The SMILES string of the molecule is C=C(CNC)Cn1cnc(C)c(Br)c1=O. The van der Waals surface area contributed by atoms with Crippen molar-refractivity contribution in [2.75, 3.05) is 13.6 Å². The molecule has 0 spiro atoms. The lowest BCUT2D eigenvalue weighted by Gasteiger charge is -2.08. The average Bonchev–Trinajstić information content (AvgIpc) is 2.20. The molecule has 1 rings (SSSR count). The summed E-state index contributed by atoms with van der Waals surface area (Å²) in [4.78, 5) is 15.9. The average molecular weight is 272 g/mol. The lowest BCUT2D eigenvalue weighted by molar-refractivity contribution is 0.688. The molecule has 1 aromatic rings. The Kier molecular flexibility index (Phi) is 4.23. The van der Waals surface area contributed by atoms with E-state index in [2.05, 4.69) is 32.8 Å². The van der Waals surface area contributed by atoms with E-state index in [9.17, 15) is 4.79 Å². The first kappa shape index (κ1) is 12.1. The van der Waals surface area contributed by atoms with Crippen molar-refractivity contribution in [3.05, 3.63) is 39.0 Å². The number of hydrogen-bond donors (Lipinski definition) is 1. The molecule has 0 aromatic carbocycles. The van der Waals surface area contributed by atoms with Crippen LogP contribution in [0.4, 0.5) is 0 Å². The molecule has 15 heavy (non-hydrogen) atoms. The van der Waals surface area contributed by atoms with E-state index in [1.165, 1.54) is 4.57 Å². The number of rotatable bonds is 4. The van der Waals surface area contributed by atoms with Gasteiger partial charge in [0.25, 0.3) is 5.56 Å².